The Kier molecular flexibility index (Phi) is 6.86. The first-order chi connectivity index (χ1) is 14.3. The number of benzene rings is 1. The maximum absolute atomic E-state index is 13.1. The summed E-state index contributed by atoms with van der Waals surface area (Å²) in [6.45, 7) is 1.04. The molecule has 0 bridgehead atoms. The molecule has 1 saturated heterocycles. The standard InChI is InChI=1S/C20H25F3N4O3/c1-25(8-7-15-3-5-16(29-2)6-4-15)19-24-17(26-9-11-30-12-10-26)13-18(28)27(19)14-20(21,22)23/h3-6,13H,7-12,14H2,1-2H3. The quantitative estimate of drug-likeness (QED) is 0.678. The van der Waals surface area contributed by atoms with Gasteiger partial charge in [0.1, 0.15) is 18.1 Å². The summed E-state index contributed by atoms with van der Waals surface area (Å²) >= 11 is 0. The first-order valence-corrected chi connectivity index (χ1v) is 9.62. The van der Waals surface area contributed by atoms with Crippen LogP contribution in [0.15, 0.2) is 35.1 Å². The summed E-state index contributed by atoms with van der Waals surface area (Å²) in [5.74, 6) is 1.09. The largest absolute Gasteiger partial charge is 0.497 e. The number of hydrogen-bond acceptors (Lipinski definition) is 6. The summed E-state index contributed by atoms with van der Waals surface area (Å²) in [7, 11) is 3.22. The fourth-order valence-electron chi connectivity index (χ4n) is 3.24. The Morgan fingerprint density at radius 1 is 1.20 bits per heavy atom. The number of rotatable bonds is 7. The molecule has 1 aromatic heterocycles. The number of methoxy groups -OCH3 is 1. The third kappa shape index (κ3) is 5.65. The number of likely N-dealkylation sites (N-methyl/N-ethyl adjacent to an activating group) is 1. The SMILES string of the molecule is COc1ccc(CCN(C)c2nc(N3CCOCC3)cc(=O)n2CC(F)(F)F)cc1. The summed E-state index contributed by atoms with van der Waals surface area (Å²) < 4.78 is 50.4. The van der Waals surface area contributed by atoms with Gasteiger partial charge in [0, 0.05) is 32.7 Å². The van der Waals surface area contributed by atoms with E-state index in [9.17, 15) is 18.0 Å². The normalized spacial score (nSPS) is 14.6. The van der Waals surface area contributed by atoms with Crippen LogP contribution >= 0.6 is 0 Å². The number of ether oxygens (including phenoxy) is 2. The minimum Gasteiger partial charge on any atom is -0.497 e. The van der Waals surface area contributed by atoms with Gasteiger partial charge in [-0.3, -0.25) is 9.36 Å². The molecule has 0 aliphatic carbocycles. The monoisotopic (exact) mass is 426 g/mol. The Bertz CT molecular complexity index is 894. The van der Waals surface area contributed by atoms with Gasteiger partial charge in [0.25, 0.3) is 5.56 Å². The summed E-state index contributed by atoms with van der Waals surface area (Å²) in [5.41, 5.74) is 0.270. The molecule has 0 amide bonds. The van der Waals surface area contributed by atoms with Gasteiger partial charge >= 0.3 is 6.18 Å². The maximum Gasteiger partial charge on any atom is 0.406 e. The molecule has 2 heterocycles. The molecule has 10 heteroatoms. The Morgan fingerprint density at radius 3 is 2.47 bits per heavy atom. The van der Waals surface area contributed by atoms with Crippen LogP contribution in [-0.4, -0.2) is 62.7 Å². The van der Waals surface area contributed by atoms with Crippen LogP contribution in [0.25, 0.3) is 0 Å². The lowest BCUT2D eigenvalue weighted by Gasteiger charge is -2.30. The van der Waals surface area contributed by atoms with Crippen molar-refractivity contribution in [2.75, 3.05) is 56.8 Å². The summed E-state index contributed by atoms with van der Waals surface area (Å²) in [5, 5.41) is 0. The van der Waals surface area contributed by atoms with Crippen LogP contribution < -0.4 is 20.1 Å². The average Bonchev–Trinajstić information content (AvgIpc) is 2.73. The van der Waals surface area contributed by atoms with Gasteiger partial charge in [-0.1, -0.05) is 12.1 Å². The maximum atomic E-state index is 13.1. The average molecular weight is 426 g/mol. The lowest BCUT2D eigenvalue weighted by Crippen LogP contribution is -2.40. The van der Waals surface area contributed by atoms with E-state index < -0.39 is 18.3 Å². The first kappa shape index (κ1) is 21.9. The Balaban J connectivity index is 1.85. The van der Waals surface area contributed by atoms with Gasteiger partial charge in [-0.25, -0.2) is 0 Å². The van der Waals surface area contributed by atoms with E-state index in [1.165, 1.54) is 0 Å². The smallest absolute Gasteiger partial charge is 0.406 e. The first-order valence-electron chi connectivity index (χ1n) is 9.62. The van der Waals surface area contributed by atoms with E-state index in [-0.39, 0.29) is 5.95 Å². The molecule has 0 unspecified atom stereocenters. The molecule has 1 aromatic carbocycles. The van der Waals surface area contributed by atoms with Crippen molar-refractivity contribution >= 4 is 11.8 Å². The molecule has 0 spiro atoms. The zero-order valence-corrected chi connectivity index (χ0v) is 17.0. The van der Waals surface area contributed by atoms with E-state index in [0.29, 0.717) is 49.7 Å². The molecule has 0 N–H and O–H groups in total. The minimum absolute atomic E-state index is 0.00479. The Labute approximate surface area is 172 Å². The fourth-order valence-corrected chi connectivity index (χ4v) is 3.24. The Hall–Kier alpha value is -2.75. The summed E-state index contributed by atoms with van der Waals surface area (Å²) in [6.07, 6.45) is -3.96. The Morgan fingerprint density at radius 2 is 1.87 bits per heavy atom. The van der Waals surface area contributed by atoms with Crippen LogP contribution in [0.4, 0.5) is 24.9 Å². The molecular formula is C20H25F3N4O3. The predicted octanol–water partition coefficient (Wildman–Crippen LogP) is 2.33. The van der Waals surface area contributed by atoms with E-state index >= 15 is 0 Å². The zero-order chi connectivity index (χ0) is 21.7. The van der Waals surface area contributed by atoms with Crippen molar-refractivity contribution in [2.24, 2.45) is 0 Å². The van der Waals surface area contributed by atoms with E-state index in [1.807, 2.05) is 29.2 Å². The van der Waals surface area contributed by atoms with Crippen LogP contribution in [0.5, 0.6) is 5.75 Å². The third-order valence-electron chi connectivity index (χ3n) is 4.88. The molecule has 2 aromatic rings. The van der Waals surface area contributed by atoms with Crippen molar-refractivity contribution in [3.05, 3.63) is 46.2 Å². The van der Waals surface area contributed by atoms with Crippen LogP contribution in [0, 0.1) is 0 Å². The van der Waals surface area contributed by atoms with Crippen LogP contribution in [0.2, 0.25) is 0 Å². The molecule has 1 aliphatic rings. The second-order valence-corrected chi connectivity index (χ2v) is 7.07. The van der Waals surface area contributed by atoms with Crippen molar-refractivity contribution in [2.45, 2.75) is 19.1 Å². The van der Waals surface area contributed by atoms with Crippen molar-refractivity contribution in [1.82, 2.24) is 9.55 Å². The number of anilines is 2. The molecule has 30 heavy (non-hydrogen) atoms. The van der Waals surface area contributed by atoms with E-state index in [2.05, 4.69) is 4.98 Å². The fraction of sp³-hybridized carbons (Fsp3) is 0.500. The minimum atomic E-state index is -4.53. The molecule has 3 rings (SSSR count). The van der Waals surface area contributed by atoms with Gasteiger partial charge in [0.2, 0.25) is 5.95 Å². The highest BCUT2D eigenvalue weighted by Gasteiger charge is 2.31. The van der Waals surface area contributed by atoms with Gasteiger partial charge in [-0.05, 0) is 24.1 Å². The van der Waals surface area contributed by atoms with Crippen LogP contribution in [0.3, 0.4) is 0 Å². The van der Waals surface area contributed by atoms with Gasteiger partial charge < -0.3 is 19.3 Å². The number of alkyl halides is 3. The molecule has 164 valence electrons. The lowest BCUT2D eigenvalue weighted by atomic mass is 10.1. The molecule has 0 saturated carbocycles. The second kappa shape index (κ2) is 9.38. The number of nitrogens with zero attached hydrogens (tertiary/aromatic N) is 4. The van der Waals surface area contributed by atoms with Crippen molar-refractivity contribution in [3.63, 3.8) is 0 Å². The highest BCUT2D eigenvalue weighted by atomic mass is 19.4. The van der Waals surface area contributed by atoms with Crippen molar-refractivity contribution < 1.29 is 22.6 Å². The number of hydrogen-bond donors (Lipinski definition) is 0. The number of halogens is 3. The van der Waals surface area contributed by atoms with Gasteiger partial charge in [-0.15, -0.1) is 0 Å². The van der Waals surface area contributed by atoms with Crippen LogP contribution in [0.1, 0.15) is 5.56 Å². The van der Waals surface area contributed by atoms with E-state index in [0.717, 1.165) is 17.4 Å². The van der Waals surface area contributed by atoms with Gasteiger partial charge in [0.05, 0.1) is 20.3 Å². The summed E-state index contributed by atoms with van der Waals surface area (Å²) in [6, 6.07) is 8.61. The lowest BCUT2D eigenvalue weighted by molar-refractivity contribution is -0.141. The molecule has 0 radical (unpaired) electrons. The van der Waals surface area contributed by atoms with E-state index in [1.54, 1.807) is 19.1 Å². The predicted molar refractivity (Wildman–Crippen MR) is 108 cm³/mol. The van der Waals surface area contributed by atoms with Gasteiger partial charge in [-0.2, -0.15) is 18.2 Å². The van der Waals surface area contributed by atoms with Crippen molar-refractivity contribution in [1.29, 1.82) is 0 Å². The highest BCUT2D eigenvalue weighted by Crippen LogP contribution is 2.22. The third-order valence-corrected chi connectivity index (χ3v) is 4.88. The molecule has 1 aliphatic heterocycles. The molecule has 0 atom stereocenters. The molecule has 7 nitrogen and oxygen atoms in total. The molecular weight excluding hydrogens is 401 g/mol. The summed E-state index contributed by atoms with van der Waals surface area (Å²) in [4.78, 5) is 20.4. The van der Waals surface area contributed by atoms with Gasteiger partial charge in [0.15, 0.2) is 0 Å². The zero-order valence-electron chi connectivity index (χ0n) is 17.0. The van der Waals surface area contributed by atoms with E-state index in [4.69, 9.17) is 9.47 Å². The van der Waals surface area contributed by atoms with Crippen LogP contribution in [-0.2, 0) is 17.7 Å². The number of aromatic nitrogens is 2. The molecule has 1 fully saturated rings. The number of morpholine rings is 1. The van der Waals surface area contributed by atoms with Crippen molar-refractivity contribution in [3.8, 4) is 5.75 Å². The second-order valence-electron chi connectivity index (χ2n) is 7.07. The topological polar surface area (TPSA) is 59.8 Å². The highest BCUT2D eigenvalue weighted by molar-refractivity contribution is 5.45.